The fourth-order valence-electron chi connectivity index (χ4n) is 2.73. The Bertz CT molecular complexity index is 1040. The van der Waals surface area contributed by atoms with Crippen molar-refractivity contribution in [2.75, 3.05) is 5.32 Å². The molecule has 0 saturated heterocycles. The second-order valence-corrected chi connectivity index (χ2v) is 6.75. The minimum absolute atomic E-state index is 0.617. The van der Waals surface area contributed by atoms with Crippen LogP contribution in [0.2, 0.25) is 0 Å². The number of fused-ring (bicyclic) bond motifs is 3. The molecule has 0 unspecified atom stereocenters. The minimum atomic E-state index is 0.617. The number of nitrogens with zero attached hydrogens (tertiary/aromatic N) is 5. The predicted molar refractivity (Wildman–Crippen MR) is 96.3 cm³/mol. The van der Waals surface area contributed by atoms with Crippen LogP contribution in [0.5, 0.6) is 0 Å². The summed E-state index contributed by atoms with van der Waals surface area (Å²) >= 11 is 1.62. The van der Waals surface area contributed by atoms with Gasteiger partial charge in [0.1, 0.15) is 22.8 Å². The predicted octanol–water partition coefficient (Wildman–Crippen LogP) is 3.57. The molecule has 0 bridgehead atoms. The van der Waals surface area contributed by atoms with Crippen LogP contribution in [0, 0.1) is 20.8 Å². The zero-order chi connectivity index (χ0) is 16.7. The van der Waals surface area contributed by atoms with Gasteiger partial charge in [-0.15, -0.1) is 11.3 Å². The van der Waals surface area contributed by atoms with Gasteiger partial charge in [0.15, 0.2) is 0 Å². The van der Waals surface area contributed by atoms with Gasteiger partial charge in [0.05, 0.1) is 10.2 Å². The largest absolute Gasteiger partial charge is 0.365 e. The molecule has 0 spiro atoms. The van der Waals surface area contributed by atoms with Gasteiger partial charge < -0.3 is 5.32 Å². The highest BCUT2D eigenvalue weighted by Gasteiger charge is 2.14. The molecule has 0 aliphatic carbocycles. The Morgan fingerprint density at radius 2 is 1.83 bits per heavy atom. The maximum Gasteiger partial charge on any atom is 0.147 e. The molecule has 0 saturated carbocycles. The molecule has 0 aromatic carbocycles. The molecule has 0 amide bonds. The van der Waals surface area contributed by atoms with E-state index in [1.54, 1.807) is 17.7 Å². The highest BCUT2D eigenvalue weighted by molar-refractivity contribution is 7.26. The van der Waals surface area contributed by atoms with Crippen LogP contribution in [0.1, 0.15) is 22.6 Å². The maximum atomic E-state index is 4.65. The summed E-state index contributed by atoms with van der Waals surface area (Å²) in [4.78, 5) is 23.0. The molecule has 7 heteroatoms. The summed E-state index contributed by atoms with van der Waals surface area (Å²) in [6.45, 7) is 6.60. The number of thiophene rings is 1. The Balaban J connectivity index is 1.75. The molecule has 0 radical (unpaired) electrons. The van der Waals surface area contributed by atoms with Gasteiger partial charge in [0.25, 0.3) is 0 Å². The summed E-state index contributed by atoms with van der Waals surface area (Å²) in [5.74, 6) is 1.59. The highest BCUT2D eigenvalue weighted by Crippen LogP contribution is 2.36. The van der Waals surface area contributed by atoms with E-state index < -0.39 is 0 Å². The zero-order valence-electron chi connectivity index (χ0n) is 13.7. The first kappa shape index (κ1) is 14.9. The second kappa shape index (κ2) is 5.76. The summed E-state index contributed by atoms with van der Waals surface area (Å²) in [5, 5.41) is 4.49. The number of aromatic nitrogens is 5. The number of hydrogen-bond acceptors (Lipinski definition) is 7. The molecule has 120 valence electrons. The molecule has 1 N–H and O–H groups in total. The summed E-state index contributed by atoms with van der Waals surface area (Å²) < 4.78 is 1.03. The van der Waals surface area contributed by atoms with E-state index in [1.165, 1.54) is 5.56 Å². The van der Waals surface area contributed by atoms with Crippen LogP contribution in [0.3, 0.4) is 0 Å². The molecule has 0 aliphatic heterocycles. The first-order chi connectivity index (χ1) is 11.6. The summed E-state index contributed by atoms with van der Waals surface area (Å²) in [7, 11) is 0. The first-order valence-electron chi connectivity index (χ1n) is 7.64. The molecule has 4 aromatic heterocycles. The number of rotatable bonds is 3. The third kappa shape index (κ3) is 2.56. The lowest BCUT2D eigenvalue weighted by Crippen LogP contribution is -2.03. The molecule has 0 atom stereocenters. The van der Waals surface area contributed by atoms with Crippen molar-refractivity contribution in [3.8, 4) is 0 Å². The maximum absolute atomic E-state index is 4.65. The van der Waals surface area contributed by atoms with E-state index in [-0.39, 0.29) is 0 Å². The third-order valence-corrected chi connectivity index (χ3v) is 4.92. The molecule has 6 nitrogen and oxygen atoms in total. The van der Waals surface area contributed by atoms with E-state index in [0.29, 0.717) is 6.54 Å². The van der Waals surface area contributed by atoms with Crippen molar-refractivity contribution in [3.63, 3.8) is 0 Å². The van der Waals surface area contributed by atoms with E-state index in [0.717, 1.165) is 43.3 Å². The quantitative estimate of drug-likeness (QED) is 0.616. The van der Waals surface area contributed by atoms with Crippen LogP contribution in [0.15, 0.2) is 24.8 Å². The van der Waals surface area contributed by atoms with Crippen molar-refractivity contribution in [1.82, 2.24) is 24.9 Å². The van der Waals surface area contributed by atoms with Gasteiger partial charge in [-0.1, -0.05) is 0 Å². The number of pyridine rings is 1. The number of nitrogens with one attached hydrogen (secondary N) is 1. The normalized spacial score (nSPS) is 11.3. The molecular weight excluding hydrogens is 320 g/mol. The van der Waals surface area contributed by atoms with Crippen LogP contribution in [-0.4, -0.2) is 24.9 Å². The Morgan fingerprint density at radius 1 is 1.04 bits per heavy atom. The fraction of sp³-hybridized carbons (Fsp3) is 0.235. The van der Waals surface area contributed by atoms with E-state index in [1.807, 2.05) is 26.2 Å². The Labute approximate surface area is 143 Å². The van der Waals surface area contributed by atoms with Crippen LogP contribution < -0.4 is 5.32 Å². The van der Waals surface area contributed by atoms with Crippen LogP contribution in [0.25, 0.3) is 20.4 Å². The summed E-state index contributed by atoms with van der Waals surface area (Å²) in [6.07, 6.45) is 5.25. The van der Waals surface area contributed by atoms with Crippen molar-refractivity contribution in [1.29, 1.82) is 0 Å². The van der Waals surface area contributed by atoms with Gasteiger partial charge in [-0.2, -0.15) is 0 Å². The van der Waals surface area contributed by atoms with Gasteiger partial charge in [-0.05, 0) is 32.4 Å². The van der Waals surface area contributed by atoms with Crippen LogP contribution in [0.4, 0.5) is 5.82 Å². The lowest BCUT2D eigenvalue weighted by molar-refractivity contribution is 0.989. The molecular formula is C17H16N6S. The fourth-order valence-corrected chi connectivity index (χ4v) is 3.95. The smallest absolute Gasteiger partial charge is 0.147 e. The monoisotopic (exact) mass is 336 g/mol. The standard InChI is InChI=1S/C17H16N6S/c1-9-4-10(2)23-17-13(9)14-15(24-17)16(22-8-21-14)20-7-12-5-18-11(3)19-6-12/h4-6,8H,7H2,1-3H3,(H,20,21,22). The van der Waals surface area contributed by atoms with Crippen LogP contribution >= 0.6 is 11.3 Å². The molecule has 24 heavy (non-hydrogen) atoms. The van der Waals surface area contributed by atoms with E-state index >= 15 is 0 Å². The Kier molecular flexibility index (Phi) is 3.57. The van der Waals surface area contributed by atoms with Crippen molar-refractivity contribution < 1.29 is 0 Å². The molecule has 0 fully saturated rings. The van der Waals surface area contributed by atoms with Gasteiger partial charge >= 0.3 is 0 Å². The Morgan fingerprint density at radius 3 is 2.62 bits per heavy atom. The lowest BCUT2D eigenvalue weighted by atomic mass is 10.1. The molecule has 4 rings (SSSR count). The average molecular weight is 336 g/mol. The summed E-state index contributed by atoms with van der Waals surface area (Å²) in [5.41, 5.74) is 4.18. The first-order valence-corrected chi connectivity index (χ1v) is 8.46. The SMILES string of the molecule is Cc1cc(C)c2c(n1)sc1c(NCc3cnc(C)nc3)ncnc12. The van der Waals surface area contributed by atoms with E-state index in [4.69, 9.17) is 0 Å². The molecule has 0 aliphatic rings. The zero-order valence-corrected chi connectivity index (χ0v) is 14.5. The van der Waals surface area contributed by atoms with Crippen LogP contribution in [-0.2, 0) is 6.54 Å². The van der Waals surface area contributed by atoms with Gasteiger partial charge in [0.2, 0.25) is 0 Å². The lowest BCUT2D eigenvalue weighted by Gasteiger charge is -2.06. The van der Waals surface area contributed by atoms with Gasteiger partial charge in [-0.25, -0.2) is 24.9 Å². The minimum Gasteiger partial charge on any atom is -0.365 e. The van der Waals surface area contributed by atoms with E-state index in [9.17, 15) is 0 Å². The van der Waals surface area contributed by atoms with E-state index in [2.05, 4.69) is 43.2 Å². The van der Waals surface area contributed by atoms with Crippen molar-refractivity contribution in [3.05, 3.63) is 47.4 Å². The topological polar surface area (TPSA) is 76.5 Å². The number of hydrogen-bond donors (Lipinski definition) is 1. The third-order valence-electron chi connectivity index (χ3n) is 3.85. The summed E-state index contributed by atoms with van der Waals surface area (Å²) in [6, 6.07) is 2.09. The van der Waals surface area contributed by atoms with Crippen molar-refractivity contribution >= 4 is 37.6 Å². The number of aryl methyl sites for hydroxylation is 3. The molecule has 4 heterocycles. The van der Waals surface area contributed by atoms with Gasteiger partial charge in [-0.3, -0.25) is 0 Å². The van der Waals surface area contributed by atoms with Gasteiger partial charge in [0, 0.05) is 35.6 Å². The highest BCUT2D eigenvalue weighted by atomic mass is 32.1. The van der Waals surface area contributed by atoms with Crippen molar-refractivity contribution in [2.24, 2.45) is 0 Å². The Hall–Kier alpha value is -2.67. The number of anilines is 1. The second-order valence-electron chi connectivity index (χ2n) is 5.75. The molecule has 4 aromatic rings. The van der Waals surface area contributed by atoms with Crippen molar-refractivity contribution in [2.45, 2.75) is 27.3 Å². The average Bonchev–Trinajstić information content (AvgIpc) is 2.93.